The van der Waals surface area contributed by atoms with Gasteiger partial charge in [0.15, 0.2) is 0 Å². The van der Waals surface area contributed by atoms with E-state index in [4.69, 9.17) is 0 Å². The normalized spacial score (nSPS) is 21.8. The minimum absolute atomic E-state index is 0.0404. The minimum Gasteiger partial charge on any atom is -0.356 e. The largest absolute Gasteiger partial charge is 0.356 e. The van der Waals surface area contributed by atoms with E-state index in [1.807, 2.05) is 6.92 Å². The second-order valence-corrected chi connectivity index (χ2v) is 10.8. The quantitative estimate of drug-likeness (QED) is 0.355. The van der Waals surface area contributed by atoms with Crippen LogP contribution in [0, 0.1) is 5.92 Å². The molecule has 0 radical (unpaired) electrons. The van der Waals surface area contributed by atoms with Crippen LogP contribution in [0.4, 0.5) is 5.69 Å². The average molecular weight is 463 g/mol. The lowest BCUT2D eigenvalue weighted by molar-refractivity contribution is -0.116. The van der Waals surface area contributed by atoms with Gasteiger partial charge in [0, 0.05) is 25.2 Å². The molecule has 1 heterocycles. The van der Waals surface area contributed by atoms with Crippen LogP contribution in [0.2, 0.25) is 0 Å². The molecular formula is C22H30N4O5S. The van der Waals surface area contributed by atoms with Crippen LogP contribution in [0.1, 0.15) is 49.4 Å². The van der Waals surface area contributed by atoms with E-state index < -0.39 is 27.8 Å². The highest BCUT2D eigenvalue weighted by Crippen LogP contribution is 2.39. The van der Waals surface area contributed by atoms with E-state index in [2.05, 4.69) is 16.6 Å². The van der Waals surface area contributed by atoms with Crippen molar-refractivity contribution in [3.63, 3.8) is 0 Å². The first-order valence-electron chi connectivity index (χ1n) is 11.0. The number of sulfonamides is 1. The third-order valence-corrected chi connectivity index (χ3v) is 7.87. The number of carbonyl (C=O) groups is 2. The second kappa shape index (κ2) is 8.49. The molecule has 1 aromatic carbocycles. The summed E-state index contributed by atoms with van der Waals surface area (Å²) in [5.41, 5.74) is 0.381. The van der Waals surface area contributed by atoms with Gasteiger partial charge in [-0.15, -0.1) is 0 Å². The summed E-state index contributed by atoms with van der Waals surface area (Å²) in [7, 11) is -3.76. The van der Waals surface area contributed by atoms with E-state index in [9.17, 15) is 23.1 Å². The summed E-state index contributed by atoms with van der Waals surface area (Å²) in [6.07, 6.45) is 4.17. The summed E-state index contributed by atoms with van der Waals surface area (Å²) in [6, 6.07) is 4.52. The first kappa shape index (κ1) is 22.8. The number of aliphatic hydroxyl groups is 1. The lowest BCUT2D eigenvalue weighted by Gasteiger charge is -2.43. The molecule has 32 heavy (non-hydrogen) atoms. The zero-order valence-corrected chi connectivity index (χ0v) is 19.0. The first-order chi connectivity index (χ1) is 15.1. The van der Waals surface area contributed by atoms with Crippen molar-refractivity contribution in [2.75, 3.05) is 24.5 Å². The monoisotopic (exact) mass is 462 g/mol. The van der Waals surface area contributed by atoms with Gasteiger partial charge in [-0.1, -0.05) is 6.58 Å². The van der Waals surface area contributed by atoms with Crippen molar-refractivity contribution in [2.24, 2.45) is 5.92 Å². The number of amides is 2. The molecule has 0 aromatic heterocycles. The maximum atomic E-state index is 13.3. The fourth-order valence-electron chi connectivity index (χ4n) is 3.85. The van der Waals surface area contributed by atoms with Crippen molar-refractivity contribution in [3.8, 4) is 0 Å². The van der Waals surface area contributed by atoms with Crippen LogP contribution in [-0.2, 0) is 14.8 Å². The van der Waals surface area contributed by atoms with E-state index in [0.717, 1.165) is 25.7 Å². The SMILES string of the molecule is C=CC(=O)NCCCN1C(=O)c2cc(S(=O)(=O)NC3(C)CC3)ccc2N(CC2CC2)C1O. The van der Waals surface area contributed by atoms with Gasteiger partial charge in [-0.3, -0.25) is 14.5 Å². The Balaban J connectivity index is 1.58. The molecule has 1 atom stereocenters. The smallest absolute Gasteiger partial charge is 0.259 e. The van der Waals surface area contributed by atoms with Gasteiger partial charge in [0.1, 0.15) is 0 Å². The highest BCUT2D eigenvalue weighted by atomic mass is 32.2. The molecular weight excluding hydrogens is 432 g/mol. The van der Waals surface area contributed by atoms with Crippen LogP contribution in [0.3, 0.4) is 0 Å². The Morgan fingerprint density at radius 1 is 1.31 bits per heavy atom. The predicted octanol–water partition coefficient (Wildman–Crippen LogP) is 1.16. The van der Waals surface area contributed by atoms with Crippen molar-refractivity contribution in [2.45, 2.75) is 55.8 Å². The molecule has 2 aliphatic carbocycles. The molecule has 0 saturated heterocycles. The molecule has 10 heteroatoms. The standard InChI is InChI=1S/C22H30N4O5S/c1-3-19(27)23-11-4-12-25-20(28)17-13-16(32(30,31)24-22(2)9-10-22)7-8-18(17)26(21(25)29)14-15-5-6-15/h3,7-8,13,15,21,24,29H,1,4-6,9-12,14H2,2H3,(H,23,27). The number of hydrogen-bond acceptors (Lipinski definition) is 6. The second-order valence-electron chi connectivity index (χ2n) is 9.13. The number of anilines is 1. The molecule has 3 aliphatic rings. The van der Waals surface area contributed by atoms with Crippen molar-refractivity contribution in [3.05, 3.63) is 36.4 Å². The molecule has 1 aromatic rings. The number of nitrogens with one attached hydrogen (secondary N) is 2. The van der Waals surface area contributed by atoms with Crippen molar-refractivity contribution in [1.82, 2.24) is 14.9 Å². The highest BCUT2D eigenvalue weighted by molar-refractivity contribution is 7.89. The molecule has 3 N–H and O–H groups in total. The zero-order chi connectivity index (χ0) is 23.1. The summed E-state index contributed by atoms with van der Waals surface area (Å²) in [5.74, 6) is -0.286. The summed E-state index contributed by atoms with van der Waals surface area (Å²) >= 11 is 0. The van der Waals surface area contributed by atoms with Gasteiger partial charge in [0.25, 0.3) is 5.91 Å². The van der Waals surface area contributed by atoms with E-state index in [-0.39, 0.29) is 22.9 Å². The Morgan fingerprint density at radius 3 is 2.66 bits per heavy atom. The van der Waals surface area contributed by atoms with Crippen LogP contribution in [-0.4, -0.2) is 61.8 Å². The highest BCUT2D eigenvalue weighted by Gasteiger charge is 2.43. The van der Waals surface area contributed by atoms with Crippen LogP contribution in [0.25, 0.3) is 0 Å². The number of nitrogens with zero attached hydrogens (tertiary/aromatic N) is 2. The maximum absolute atomic E-state index is 13.3. The lowest BCUT2D eigenvalue weighted by Crippen LogP contribution is -2.56. The molecule has 174 valence electrons. The Hall–Kier alpha value is -2.43. The maximum Gasteiger partial charge on any atom is 0.259 e. The minimum atomic E-state index is -3.76. The lowest BCUT2D eigenvalue weighted by atomic mass is 10.1. The van der Waals surface area contributed by atoms with Crippen LogP contribution in [0.15, 0.2) is 35.7 Å². The third-order valence-electron chi connectivity index (χ3n) is 6.23. The van der Waals surface area contributed by atoms with Gasteiger partial charge in [0.2, 0.25) is 22.3 Å². The first-order valence-corrected chi connectivity index (χ1v) is 12.5. The molecule has 4 rings (SSSR count). The number of fused-ring (bicyclic) bond motifs is 1. The number of aliphatic hydroxyl groups excluding tert-OH is 1. The van der Waals surface area contributed by atoms with E-state index in [1.54, 1.807) is 11.0 Å². The molecule has 2 saturated carbocycles. The van der Waals surface area contributed by atoms with Gasteiger partial charge in [-0.2, -0.15) is 0 Å². The van der Waals surface area contributed by atoms with Crippen molar-refractivity contribution in [1.29, 1.82) is 0 Å². The van der Waals surface area contributed by atoms with E-state index in [1.165, 1.54) is 23.1 Å². The topological polar surface area (TPSA) is 119 Å². The average Bonchev–Trinajstić information content (AvgIpc) is 3.68. The van der Waals surface area contributed by atoms with Crippen LogP contribution in [0.5, 0.6) is 0 Å². The molecule has 2 fully saturated rings. The summed E-state index contributed by atoms with van der Waals surface area (Å²) in [5, 5.41) is 13.6. The number of benzene rings is 1. The van der Waals surface area contributed by atoms with Crippen molar-refractivity contribution >= 4 is 27.5 Å². The zero-order valence-electron chi connectivity index (χ0n) is 18.2. The van der Waals surface area contributed by atoms with Gasteiger partial charge < -0.3 is 15.3 Å². The molecule has 2 amide bonds. The molecule has 1 aliphatic heterocycles. The van der Waals surface area contributed by atoms with Gasteiger partial charge in [-0.25, -0.2) is 13.1 Å². The van der Waals surface area contributed by atoms with Crippen LogP contribution < -0.4 is 14.9 Å². The Labute approximate surface area is 188 Å². The fraction of sp³-hybridized carbons (Fsp3) is 0.545. The summed E-state index contributed by atoms with van der Waals surface area (Å²) in [4.78, 5) is 27.7. The number of rotatable bonds is 10. The van der Waals surface area contributed by atoms with Gasteiger partial charge in [-0.05, 0) is 69.2 Å². The summed E-state index contributed by atoms with van der Waals surface area (Å²) in [6.45, 7) is 6.39. The molecule has 0 bridgehead atoms. The Morgan fingerprint density at radius 2 is 2.03 bits per heavy atom. The summed E-state index contributed by atoms with van der Waals surface area (Å²) < 4.78 is 28.4. The predicted molar refractivity (Wildman–Crippen MR) is 119 cm³/mol. The van der Waals surface area contributed by atoms with E-state index in [0.29, 0.717) is 31.1 Å². The van der Waals surface area contributed by atoms with Crippen molar-refractivity contribution < 1.29 is 23.1 Å². The Bertz CT molecular complexity index is 1030. The fourth-order valence-corrected chi connectivity index (χ4v) is 5.34. The van der Waals surface area contributed by atoms with Gasteiger partial charge in [0.05, 0.1) is 16.1 Å². The van der Waals surface area contributed by atoms with E-state index >= 15 is 0 Å². The third kappa shape index (κ3) is 4.82. The molecule has 1 unspecified atom stereocenters. The molecule has 9 nitrogen and oxygen atoms in total. The number of hydrogen-bond donors (Lipinski definition) is 3. The van der Waals surface area contributed by atoms with Gasteiger partial charge >= 0.3 is 0 Å². The number of carbonyl (C=O) groups excluding carboxylic acids is 2. The van der Waals surface area contributed by atoms with Crippen LogP contribution >= 0.6 is 0 Å². The Kier molecular flexibility index (Phi) is 6.04. The molecule has 0 spiro atoms.